The fourth-order valence-corrected chi connectivity index (χ4v) is 4.22. The predicted octanol–water partition coefficient (Wildman–Crippen LogP) is 2.78. The van der Waals surface area contributed by atoms with Crippen LogP contribution < -0.4 is 19.7 Å². The second-order valence-electron chi connectivity index (χ2n) is 8.98. The molecule has 4 rings (SSSR count). The lowest BCUT2D eigenvalue weighted by Crippen LogP contribution is -2.55. The molecule has 186 valence electrons. The summed E-state index contributed by atoms with van der Waals surface area (Å²) in [6, 6.07) is 8.46. The number of ether oxygens (including phenoxy) is 2. The zero-order valence-electron chi connectivity index (χ0n) is 20.9. The number of likely N-dealkylation sites (N-methyl/N-ethyl adjacent to an activating group) is 1. The number of carbonyl (C=O) groups excluding carboxylic acids is 1. The second-order valence-corrected chi connectivity index (χ2v) is 8.98. The van der Waals surface area contributed by atoms with E-state index in [2.05, 4.69) is 56.2 Å². The van der Waals surface area contributed by atoms with E-state index in [9.17, 15) is 4.79 Å². The molecule has 2 N–H and O–H groups in total. The summed E-state index contributed by atoms with van der Waals surface area (Å²) in [5, 5.41) is 9.98. The molecule has 2 unspecified atom stereocenters. The quantitative estimate of drug-likeness (QED) is 0.508. The Labute approximate surface area is 205 Å². The molecular weight excluding hydrogens is 446 g/mol. The molecule has 3 aromatic rings. The largest absolute Gasteiger partial charge is 0.497 e. The highest BCUT2D eigenvalue weighted by atomic mass is 16.5. The van der Waals surface area contributed by atoms with Crippen LogP contribution in [-0.2, 0) is 12.8 Å². The van der Waals surface area contributed by atoms with Crippen molar-refractivity contribution < 1.29 is 14.3 Å². The number of piperazine rings is 1. The third kappa shape index (κ3) is 5.89. The molecule has 3 heterocycles. The highest BCUT2D eigenvalue weighted by Crippen LogP contribution is 2.24. The van der Waals surface area contributed by atoms with Crippen LogP contribution in [-0.4, -0.2) is 77.4 Å². The summed E-state index contributed by atoms with van der Waals surface area (Å²) in [7, 11) is 5.41. The van der Waals surface area contributed by atoms with Crippen molar-refractivity contribution in [3.8, 4) is 11.5 Å². The van der Waals surface area contributed by atoms with Crippen molar-refractivity contribution >= 4 is 17.5 Å². The summed E-state index contributed by atoms with van der Waals surface area (Å²) in [4.78, 5) is 26.1. The minimum Gasteiger partial charge on any atom is -0.497 e. The molecule has 0 radical (unpaired) electrons. The molecule has 10 heteroatoms. The average molecular weight is 480 g/mol. The number of nitrogens with zero attached hydrogens (tertiary/aromatic N) is 5. The van der Waals surface area contributed by atoms with E-state index in [4.69, 9.17) is 9.47 Å². The summed E-state index contributed by atoms with van der Waals surface area (Å²) in [6.07, 6.45) is 4.66. The van der Waals surface area contributed by atoms with Crippen LogP contribution in [0.2, 0.25) is 0 Å². The summed E-state index contributed by atoms with van der Waals surface area (Å²) in [5.74, 6) is 2.38. The normalized spacial score (nSPS) is 18.4. The van der Waals surface area contributed by atoms with Crippen LogP contribution in [0.5, 0.6) is 11.5 Å². The van der Waals surface area contributed by atoms with Gasteiger partial charge >= 0.3 is 0 Å². The minimum atomic E-state index is -0.347. The van der Waals surface area contributed by atoms with Crippen molar-refractivity contribution in [3.05, 3.63) is 53.6 Å². The van der Waals surface area contributed by atoms with Crippen LogP contribution in [0.15, 0.2) is 36.7 Å². The van der Waals surface area contributed by atoms with Gasteiger partial charge in [0.2, 0.25) is 0 Å². The number of aryl methyl sites for hydroxylation is 2. The number of aromatic nitrogens is 4. The Balaban J connectivity index is 1.33. The highest BCUT2D eigenvalue weighted by molar-refractivity contribution is 6.02. The van der Waals surface area contributed by atoms with Gasteiger partial charge in [0.05, 0.1) is 26.6 Å². The van der Waals surface area contributed by atoms with Crippen LogP contribution in [0.1, 0.15) is 35.6 Å². The molecule has 2 aromatic heterocycles. The molecule has 1 aliphatic heterocycles. The summed E-state index contributed by atoms with van der Waals surface area (Å²) in [5.41, 5.74) is 2.24. The van der Waals surface area contributed by atoms with Gasteiger partial charge in [-0.15, -0.1) is 0 Å². The Kier molecular flexibility index (Phi) is 7.50. The molecule has 0 aliphatic carbocycles. The molecule has 1 aliphatic rings. The number of benzene rings is 1. The maximum atomic E-state index is 12.7. The summed E-state index contributed by atoms with van der Waals surface area (Å²) < 4.78 is 10.7. The first-order valence-electron chi connectivity index (χ1n) is 11.7. The zero-order chi connectivity index (χ0) is 24.9. The van der Waals surface area contributed by atoms with Gasteiger partial charge in [-0.05, 0) is 51.4 Å². The maximum Gasteiger partial charge on any atom is 0.277 e. The molecule has 0 spiro atoms. The average Bonchev–Trinajstić information content (AvgIpc) is 3.32. The zero-order valence-corrected chi connectivity index (χ0v) is 20.9. The Morgan fingerprint density at radius 3 is 2.31 bits per heavy atom. The first-order valence-corrected chi connectivity index (χ1v) is 11.7. The lowest BCUT2D eigenvalue weighted by atomic mass is 10.1. The Hall–Kier alpha value is -3.66. The number of hydrogen-bond donors (Lipinski definition) is 2. The third-order valence-electron chi connectivity index (χ3n) is 6.52. The maximum absolute atomic E-state index is 12.7. The van der Waals surface area contributed by atoms with Crippen LogP contribution in [0.3, 0.4) is 0 Å². The number of rotatable bonds is 8. The van der Waals surface area contributed by atoms with Crippen molar-refractivity contribution in [1.82, 2.24) is 25.1 Å². The van der Waals surface area contributed by atoms with E-state index < -0.39 is 0 Å². The van der Waals surface area contributed by atoms with Crippen molar-refractivity contribution in [2.75, 3.05) is 44.6 Å². The van der Waals surface area contributed by atoms with Crippen molar-refractivity contribution in [2.45, 2.75) is 38.8 Å². The molecule has 1 saturated heterocycles. The molecule has 1 aromatic carbocycles. The monoisotopic (exact) mass is 479 g/mol. The van der Waals surface area contributed by atoms with E-state index >= 15 is 0 Å². The van der Waals surface area contributed by atoms with Crippen molar-refractivity contribution in [3.63, 3.8) is 0 Å². The van der Waals surface area contributed by atoms with Crippen LogP contribution in [0, 0.1) is 0 Å². The molecule has 2 atom stereocenters. The number of carbonyl (C=O) groups is 1. The van der Waals surface area contributed by atoms with Crippen molar-refractivity contribution in [2.24, 2.45) is 0 Å². The SMILES string of the molecule is COc1cc(CCc2cc(NC(=O)c3cnc(N4CC(C)N(C)C(C)C4)cn3)n[nH]2)cc(OC)c1. The van der Waals surface area contributed by atoms with E-state index in [1.165, 1.54) is 6.20 Å². The lowest BCUT2D eigenvalue weighted by molar-refractivity contribution is 0.102. The van der Waals surface area contributed by atoms with Gasteiger partial charge in [-0.1, -0.05) is 0 Å². The number of nitrogens with one attached hydrogen (secondary N) is 2. The van der Waals surface area contributed by atoms with Gasteiger partial charge in [0.15, 0.2) is 5.82 Å². The van der Waals surface area contributed by atoms with E-state index in [-0.39, 0.29) is 11.6 Å². The fraction of sp³-hybridized carbons (Fsp3) is 0.440. The van der Waals surface area contributed by atoms with Gasteiger partial charge in [-0.3, -0.25) is 14.8 Å². The van der Waals surface area contributed by atoms with Gasteiger partial charge in [0, 0.05) is 43.0 Å². The number of hydrogen-bond acceptors (Lipinski definition) is 8. The topological polar surface area (TPSA) is 109 Å². The van der Waals surface area contributed by atoms with E-state index in [0.29, 0.717) is 17.9 Å². The first-order chi connectivity index (χ1) is 16.9. The number of methoxy groups -OCH3 is 2. The van der Waals surface area contributed by atoms with Crippen LogP contribution in [0.4, 0.5) is 11.6 Å². The first kappa shape index (κ1) is 24.5. The summed E-state index contributed by atoms with van der Waals surface area (Å²) in [6.45, 7) is 6.15. The molecule has 1 amide bonds. The van der Waals surface area contributed by atoms with Crippen LogP contribution >= 0.6 is 0 Å². The molecule has 0 saturated carbocycles. The van der Waals surface area contributed by atoms with Crippen molar-refractivity contribution in [1.29, 1.82) is 0 Å². The van der Waals surface area contributed by atoms with E-state index in [1.807, 2.05) is 24.3 Å². The molecule has 1 fully saturated rings. The number of anilines is 2. The van der Waals surface area contributed by atoms with E-state index in [0.717, 1.165) is 54.5 Å². The second kappa shape index (κ2) is 10.7. The molecule has 10 nitrogen and oxygen atoms in total. The molecule has 35 heavy (non-hydrogen) atoms. The van der Waals surface area contributed by atoms with Gasteiger partial charge in [0.1, 0.15) is 23.0 Å². The van der Waals surface area contributed by atoms with E-state index in [1.54, 1.807) is 20.4 Å². The number of amides is 1. The van der Waals surface area contributed by atoms with Crippen LogP contribution in [0.25, 0.3) is 0 Å². The van der Waals surface area contributed by atoms with Gasteiger partial charge in [0.25, 0.3) is 5.91 Å². The Morgan fingerprint density at radius 1 is 1.03 bits per heavy atom. The Bertz CT molecular complexity index is 1110. The van der Waals surface area contributed by atoms with Gasteiger partial charge in [-0.25, -0.2) is 9.97 Å². The molecular formula is C25H33N7O3. The Morgan fingerprint density at radius 2 is 1.71 bits per heavy atom. The highest BCUT2D eigenvalue weighted by Gasteiger charge is 2.27. The van der Waals surface area contributed by atoms with Gasteiger partial charge < -0.3 is 19.7 Å². The minimum absolute atomic E-state index is 0.247. The smallest absolute Gasteiger partial charge is 0.277 e. The van der Waals surface area contributed by atoms with Gasteiger partial charge in [-0.2, -0.15) is 5.10 Å². The standard InChI is InChI=1S/C25H33N7O3/c1-16-14-32(15-17(2)31(16)3)24-13-26-22(12-27-24)25(33)28-23-10-19(29-30-23)7-6-18-8-20(34-4)11-21(9-18)35-5/h8-13,16-17H,6-7,14-15H2,1-5H3,(H2,28,29,30,33). The summed E-state index contributed by atoms with van der Waals surface area (Å²) >= 11 is 0. The number of H-pyrrole nitrogens is 1. The molecule has 0 bridgehead atoms. The predicted molar refractivity (Wildman–Crippen MR) is 134 cm³/mol. The number of aromatic amines is 1. The lowest BCUT2D eigenvalue weighted by Gasteiger charge is -2.42. The third-order valence-corrected chi connectivity index (χ3v) is 6.52. The fourth-order valence-electron chi connectivity index (χ4n) is 4.22.